The zero-order chi connectivity index (χ0) is 18.6. The number of hydrogen-bond donors (Lipinski definition) is 1. The molecule has 1 N–H and O–H groups in total. The van der Waals surface area contributed by atoms with Crippen molar-refractivity contribution in [3.8, 4) is 0 Å². The second kappa shape index (κ2) is 7.96. The van der Waals surface area contributed by atoms with Gasteiger partial charge in [-0.3, -0.25) is 10.1 Å². The molecule has 9 heteroatoms. The third kappa shape index (κ3) is 3.94. The van der Waals surface area contributed by atoms with Crippen LogP contribution in [0.25, 0.3) is 0 Å². The van der Waals surface area contributed by atoms with Gasteiger partial charge < -0.3 is 9.84 Å². The summed E-state index contributed by atoms with van der Waals surface area (Å²) in [5, 5.41) is 20.9. The summed E-state index contributed by atoms with van der Waals surface area (Å²) in [5.41, 5.74) is -0.417. The molecule has 0 aliphatic heterocycles. The standard InChI is InChI=1S/C17H16N2O5S2/c20-16(21)24-17(12-6-8-13(9-7-12)19(22)23)10-3-4-14(17)25-26-15-5-1-2-11-18-15/h1-2,5-9,11,14H,3-4,10H2,(H,20,21)/t14-,17-/m0/s1. The van der Waals surface area contributed by atoms with Crippen molar-refractivity contribution in [1.82, 2.24) is 4.98 Å². The van der Waals surface area contributed by atoms with E-state index in [4.69, 9.17) is 4.74 Å². The first kappa shape index (κ1) is 18.5. The number of rotatable bonds is 6. The van der Waals surface area contributed by atoms with Gasteiger partial charge >= 0.3 is 6.16 Å². The molecule has 1 fully saturated rings. The van der Waals surface area contributed by atoms with Crippen molar-refractivity contribution in [2.45, 2.75) is 35.1 Å². The van der Waals surface area contributed by atoms with Crippen molar-refractivity contribution in [3.05, 3.63) is 64.3 Å². The second-order valence-corrected chi connectivity index (χ2v) is 8.21. The quantitative estimate of drug-likeness (QED) is 0.321. The van der Waals surface area contributed by atoms with E-state index in [9.17, 15) is 20.0 Å². The molecule has 1 aliphatic rings. The molecule has 0 saturated heterocycles. The number of carboxylic acid groups (broad SMARTS) is 1. The molecule has 0 bridgehead atoms. The lowest BCUT2D eigenvalue weighted by molar-refractivity contribution is -0.384. The Morgan fingerprint density at radius 2 is 2.08 bits per heavy atom. The van der Waals surface area contributed by atoms with Crippen molar-refractivity contribution in [2.75, 3.05) is 0 Å². The topological polar surface area (TPSA) is 103 Å². The Kier molecular flexibility index (Phi) is 5.67. The van der Waals surface area contributed by atoms with Crippen molar-refractivity contribution in [1.29, 1.82) is 0 Å². The van der Waals surface area contributed by atoms with E-state index in [1.165, 1.54) is 33.7 Å². The lowest BCUT2D eigenvalue weighted by Gasteiger charge is -2.33. The number of non-ortho nitro benzene ring substituents is 1. The number of benzene rings is 1. The summed E-state index contributed by atoms with van der Waals surface area (Å²) in [6.45, 7) is 0. The second-order valence-electron chi connectivity index (χ2n) is 5.79. The molecule has 0 spiro atoms. The summed E-state index contributed by atoms with van der Waals surface area (Å²) in [5.74, 6) is 0. The van der Waals surface area contributed by atoms with Gasteiger partial charge in [0.2, 0.25) is 0 Å². The number of nitro groups is 1. The predicted octanol–water partition coefficient (Wildman–Crippen LogP) is 4.87. The minimum absolute atomic E-state index is 0.0377. The highest BCUT2D eigenvalue weighted by molar-refractivity contribution is 8.76. The lowest BCUT2D eigenvalue weighted by Crippen LogP contribution is -2.37. The van der Waals surface area contributed by atoms with Crippen LogP contribution in [0.2, 0.25) is 0 Å². The van der Waals surface area contributed by atoms with E-state index in [0.717, 1.165) is 17.9 Å². The van der Waals surface area contributed by atoms with E-state index in [1.807, 2.05) is 18.2 Å². The van der Waals surface area contributed by atoms with Gasteiger partial charge in [0, 0.05) is 18.3 Å². The molecule has 1 aromatic heterocycles. The Morgan fingerprint density at radius 3 is 2.69 bits per heavy atom. The summed E-state index contributed by atoms with van der Waals surface area (Å²) >= 11 is 0. The maximum absolute atomic E-state index is 11.4. The number of pyridine rings is 1. The Morgan fingerprint density at radius 1 is 1.31 bits per heavy atom. The van der Waals surface area contributed by atoms with Gasteiger partial charge in [0.1, 0.15) is 5.03 Å². The molecule has 1 aliphatic carbocycles. The average Bonchev–Trinajstić information content (AvgIpc) is 3.04. The number of nitro benzene ring substituents is 1. The molecule has 0 unspecified atom stereocenters. The van der Waals surface area contributed by atoms with Crippen LogP contribution < -0.4 is 0 Å². The minimum atomic E-state index is -1.35. The maximum Gasteiger partial charge on any atom is 0.506 e. The Hall–Kier alpha value is -2.26. The van der Waals surface area contributed by atoms with Crippen LogP contribution in [0.1, 0.15) is 24.8 Å². The van der Waals surface area contributed by atoms with Crippen molar-refractivity contribution < 1.29 is 19.6 Å². The first-order chi connectivity index (χ1) is 12.5. The summed E-state index contributed by atoms with van der Waals surface area (Å²) in [7, 11) is 3.00. The highest BCUT2D eigenvalue weighted by Crippen LogP contribution is 2.52. The fraction of sp³-hybridized carbons (Fsp3) is 0.294. The molecule has 136 valence electrons. The number of carbonyl (C=O) groups is 1. The molecule has 7 nitrogen and oxygen atoms in total. The van der Waals surface area contributed by atoms with Crippen LogP contribution in [0.4, 0.5) is 10.5 Å². The van der Waals surface area contributed by atoms with E-state index in [1.54, 1.807) is 18.3 Å². The van der Waals surface area contributed by atoms with Crippen molar-refractivity contribution in [2.24, 2.45) is 0 Å². The number of aromatic nitrogens is 1. The third-order valence-electron chi connectivity index (χ3n) is 4.26. The lowest BCUT2D eigenvalue weighted by atomic mass is 9.91. The van der Waals surface area contributed by atoms with Gasteiger partial charge in [0.05, 0.1) is 10.2 Å². The van der Waals surface area contributed by atoms with Crippen LogP contribution in [0.15, 0.2) is 53.7 Å². The number of hydrogen-bond acceptors (Lipinski definition) is 7. The molecule has 2 aromatic rings. The van der Waals surface area contributed by atoms with E-state index >= 15 is 0 Å². The largest absolute Gasteiger partial charge is 0.506 e. The van der Waals surface area contributed by atoms with Crippen molar-refractivity contribution >= 4 is 33.4 Å². The predicted molar refractivity (Wildman–Crippen MR) is 99.2 cm³/mol. The average molecular weight is 392 g/mol. The van der Waals surface area contributed by atoms with Crippen LogP contribution in [0, 0.1) is 10.1 Å². The Labute approximate surface area is 157 Å². The summed E-state index contributed by atoms with van der Waals surface area (Å²) in [6, 6.07) is 11.6. The van der Waals surface area contributed by atoms with Gasteiger partial charge in [-0.05, 0) is 59.9 Å². The fourth-order valence-electron chi connectivity index (χ4n) is 3.10. The first-order valence-corrected chi connectivity index (χ1v) is 10.1. The number of nitrogens with zero attached hydrogens (tertiary/aromatic N) is 2. The smallest absolute Gasteiger partial charge is 0.450 e. The highest BCUT2D eigenvalue weighted by Gasteiger charge is 2.49. The molecule has 26 heavy (non-hydrogen) atoms. The van der Waals surface area contributed by atoms with Crippen LogP contribution in [-0.4, -0.2) is 26.4 Å². The SMILES string of the molecule is O=C(O)O[C@]1(c2ccc([N+](=O)[O-])cc2)CCC[C@@H]1SSc1ccccn1. The van der Waals surface area contributed by atoms with Crippen LogP contribution in [-0.2, 0) is 10.3 Å². The molecule has 3 rings (SSSR count). The molecular formula is C17H16N2O5S2. The first-order valence-electron chi connectivity index (χ1n) is 7.92. The summed E-state index contributed by atoms with van der Waals surface area (Å²) in [6.07, 6.45) is 2.49. The summed E-state index contributed by atoms with van der Waals surface area (Å²) in [4.78, 5) is 26.0. The van der Waals surface area contributed by atoms with E-state index in [-0.39, 0.29) is 10.9 Å². The molecule has 2 atom stereocenters. The highest BCUT2D eigenvalue weighted by atomic mass is 33.1. The third-order valence-corrected chi connectivity index (χ3v) is 7.11. The summed E-state index contributed by atoms with van der Waals surface area (Å²) < 4.78 is 5.38. The number of ether oxygens (including phenoxy) is 1. The maximum atomic E-state index is 11.4. The Balaban J connectivity index is 1.87. The van der Waals surface area contributed by atoms with Crippen molar-refractivity contribution in [3.63, 3.8) is 0 Å². The van der Waals surface area contributed by atoms with Gasteiger partial charge in [-0.15, -0.1) is 0 Å². The van der Waals surface area contributed by atoms with E-state index in [2.05, 4.69) is 4.98 Å². The fourth-order valence-corrected chi connectivity index (χ4v) is 5.97. The molecule has 0 amide bonds. The van der Waals surface area contributed by atoms with Crippen LogP contribution >= 0.6 is 21.6 Å². The van der Waals surface area contributed by atoms with Gasteiger partial charge in [0.25, 0.3) is 5.69 Å². The van der Waals surface area contributed by atoms with Gasteiger partial charge in [-0.2, -0.15) is 0 Å². The van der Waals surface area contributed by atoms with E-state index < -0.39 is 16.7 Å². The van der Waals surface area contributed by atoms with Crippen LogP contribution in [0.5, 0.6) is 0 Å². The van der Waals surface area contributed by atoms with Gasteiger partial charge in [0.15, 0.2) is 5.60 Å². The molecular weight excluding hydrogens is 376 g/mol. The minimum Gasteiger partial charge on any atom is -0.450 e. The molecule has 1 aromatic carbocycles. The molecule has 1 heterocycles. The van der Waals surface area contributed by atoms with Gasteiger partial charge in [-0.1, -0.05) is 16.9 Å². The molecule has 1 saturated carbocycles. The zero-order valence-electron chi connectivity index (χ0n) is 13.6. The normalized spacial score (nSPS) is 22.1. The zero-order valence-corrected chi connectivity index (χ0v) is 15.2. The van der Waals surface area contributed by atoms with Crippen LogP contribution in [0.3, 0.4) is 0 Å². The van der Waals surface area contributed by atoms with E-state index in [0.29, 0.717) is 12.0 Å². The monoisotopic (exact) mass is 392 g/mol. The Bertz CT molecular complexity index is 788. The van der Waals surface area contributed by atoms with Gasteiger partial charge in [-0.25, -0.2) is 9.78 Å². The molecule has 0 radical (unpaired) electrons.